The lowest BCUT2D eigenvalue weighted by atomic mass is 9.96. The average molecular weight is 413 g/mol. The third-order valence-corrected chi connectivity index (χ3v) is 5.11. The Morgan fingerprint density at radius 2 is 1.96 bits per heavy atom. The Labute approximate surface area is 171 Å². The molecule has 1 aromatic rings. The summed E-state index contributed by atoms with van der Waals surface area (Å²) in [6.45, 7) is 6.74. The number of nitrogens with one attached hydrogen (secondary N) is 1. The Kier molecular flexibility index (Phi) is 7.55. The first kappa shape index (κ1) is 22.3. The Balaban J connectivity index is 2.22. The van der Waals surface area contributed by atoms with Crippen LogP contribution >= 0.6 is 11.6 Å². The molecule has 1 heterocycles. The van der Waals surface area contributed by atoms with Crippen LogP contribution in [-0.2, 0) is 14.3 Å². The average Bonchev–Trinajstić information content (AvgIpc) is 2.96. The van der Waals surface area contributed by atoms with Crippen molar-refractivity contribution in [2.24, 2.45) is 0 Å². The Morgan fingerprint density at radius 3 is 2.57 bits per heavy atom. The third kappa shape index (κ3) is 4.70. The van der Waals surface area contributed by atoms with Crippen molar-refractivity contribution in [2.45, 2.75) is 51.7 Å². The molecular formula is C20H29ClN2O5. The molecule has 156 valence electrons. The van der Waals surface area contributed by atoms with Gasteiger partial charge in [-0.2, -0.15) is 0 Å². The molecule has 1 aromatic carbocycles. The van der Waals surface area contributed by atoms with E-state index in [2.05, 4.69) is 5.32 Å². The van der Waals surface area contributed by atoms with Crippen molar-refractivity contribution in [3.8, 4) is 11.5 Å². The number of methoxy groups -OCH3 is 2. The van der Waals surface area contributed by atoms with E-state index in [9.17, 15) is 9.59 Å². The molecule has 0 radical (unpaired) electrons. The van der Waals surface area contributed by atoms with Crippen LogP contribution in [0.3, 0.4) is 0 Å². The van der Waals surface area contributed by atoms with Crippen molar-refractivity contribution in [1.82, 2.24) is 5.32 Å². The molecule has 2 amide bonds. The fraction of sp³-hybridized carbons (Fsp3) is 0.600. The van der Waals surface area contributed by atoms with E-state index in [4.69, 9.17) is 25.8 Å². The Hall–Kier alpha value is -1.99. The largest absolute Gasteiger partial charge is 0.495 e. The van der Waals surface area contributed by atoms with Gasteiger partial charge < -0.3 is 19.5 Å². The summed E-state index contributed by atoms with van der Waals surface area (Å²) in [5, 5.41) is 3.26. The van der Waals surface area contributed by atoms with E-state index in [0.29, 0.717) is 48.2 Å². The zero-order valence-electron chi connectivity index (χ0n) is 17.1. The molecular weight excluding hydrogens is 384 g/mol. The second kappa shape index (κ2) is 9.47. The maximum absolute atomic E-state index is 13.0. The Bertz CT molecular complexity index is 725. The van der Waals surface area contributed by atoms with Crippen LogP contribution in [0.15, 0.2) is 12.1 Å². The first-order valence-corrected chi connectivity index (χ1v) is 9.77. The number of hydrogen-bond acceptors (Lipinski definition) is 5. The first-order chi connectivity index (χ1) is 13.2. The number of rotatable bonds is 9. The number of amides is 2. The highest BCUT2D eigenvalue weighted by Crippen LogP contribution is 2.44. The summed E-state index contributed by atoms with van der Waals surface area (Å²) in [6, 6.07) is 3.22. The summed E-state index contributed by atoms with van der Waals surface area (Å²) in [7, 11) is 3.00. The van der Waals surface area contributed by atoms with Gasteiger partial charge in [0.1, 0.15) is 17.0 Å². The standard InChI is InChI=1S/C20H29ClN2O5/c1-13(2)28-10-6-9-22-19(25)20(3)8-7-18(24)23(20)15-11-14(21)16(26-4)12-17(15)27-5/h11-13H,6-10H2,1-5H3,(H,22,25). The molecule has 8 heteroatoms. The van der Waals surface area contributed by atoms with Crippen LogP contribution in [0, 0.1) is 0 Å². The number of anilines is 1. The molecule has 1 aliphatic heterocycles. The lowest BCUT2D eigenvalue weighted by Crippen LogP contribution is -2.55. The second-order valence-electron chi connectivity index (χ2n) is 7.19. The maximum atomic E-state index is 13.0. The lowest BCUT2D eigenvalue weighted by Gasteiger charge is -2.35. The van der Waals surface area contributed by atoms with Crippen molar-refractivity contribution >= 4 is 29.1 Å². The molecule has 1 fully saturated rings. The molecule has 1 atom stereocenters. The van der Waals surface area contributed by atoms with Gasteiger partial charge >= 0.3 is 0 Å². The number of nitrogens with zero attached hydrogens (tertiary/aromatic N) is 1. The van der Waals surface area contributed by atoms with Crippen LogP contribution in [0.4, 0.5) is 5.69 Å². The van der Waals surface area contributed by atoms with E-state index in [1.165, 1.54) is 19.1 Å². The molecule has 7 nitrogen and oxygen atoms in total. The third-order valence-electron chi connectivity index (χ3n) is 4.81. The van der Waals surface area contributed by atoms with Crippen LogP contribution in [0.25, 0.3) is 0 Å². The number of carbonyl (C=O) groups excluding carboxylic acids is 2. The predicted octanol–water partition coefficient (Wildman–Crippen LogP) is 3.17. The Morgan fingerprint density at radius 1 is 1.29 bits per heavy atom. The number of ether oxygens (including phenoxy) is 3. The second-order valence-corrected chi connectivity index (χ2v) is 7.60. The quantitative estimate of drug-likeness (QED) is 0.630. The molecule has 2 rings (SSSR count). The highest BCUT2D eigenvalue weighted by molar-refractivity contribution is 6.32. The van der Waals surface area contributed by atoms with Crippen molar-refractivity contribution in [2.75, 3.05) is 32.3 Å². The molecule has 1 saturated heterocycles. The summed E-state index contributed by atoms with van der Waals surface area (Å²) in [5.74, 6) is 0.489. The minimum atomic E-state index is -1.03. The van der Waals surface area contributed by atoms with Gasteiger partial charge in [0.2, 0.25) is 11.8 Å². The minimum Gasteiger partial charge on any atom is -0.495 e. The molecule has 1 N–H and O–H groups in total. The summed E-state index contributed by atoms with van der Waals surface area (Å²) in [4.78, 5) is 27.1. The SMILES string of the molecule is COc1cc(OC)c(N2C(=O)CCC2(C)C(=O)NCCCOC(C)C)cc1Cl. The van der Waals surface area contributed by atoms with E-state index >= 15 is 0 Å². The zero-order valence-corrected chi connectivity index (χ0v) is 17.9. The van der Waals surface area contributed by atoms with Crippen molar-refractivity contribution in [3.05, 3.63) is 17.2 Å². The summed E-state index contributed by atoms with van der Waals surface area (Å²) >= 11 is 6.27. The highest BCUT2D eigenvalue weighted by atomic mass is 35.5. The number of carbonyl (C=O) groups is 2. The van der Waals surface area contributed by atoms with Crippen molar-refractivity contribution in [1.29, 1.82) is 0 Å². The number of halogens is 1. The van der Waals surface area contributed by atoms with Gasteiger partial charge in [-0.3, -0.25) is 14.5 Å². The number of hydrogen-bond donors (Lipinski definition) is 1. The predicted molar refractivity (Wildman–Crippen MR) is 108 cm³/mol. The molecule has 0 aliphatic carbocycles. The van der Waals surface area contributed by atoms with Gasteiger partial charge in [0.15, 0.2) is 0 Å². The maximum Gasteiger partial charge on any atom is 0.246 e. The van der Waals surface area contributed by atoms with Gasteiger partial charge in [0.05, 0.1) is 31.0 Å². The molecule has 1 aliphatic rings. The van der Waals surface area contributed by atoms with Gasteiger partial charge in [0, 0.05) is 25.6 Å². The monoisotopic (exact) mass is 412 g/mol. The molecule has 0 bridgehead atoms. The zero-order chi connectivity index (χ0) is 20.9. The van der Waals surface area contributed by atoms with Crippen LogP contribution in [0.2, 0.25) is 5.02 Å². The van der Waals surface area contributed by atoms with E-state index in [-0.39, 0.29) is 24.3 Å². The minimum absolute atomic E-state index is 0.152. The van der Waals surface area contributed by atoms with E-state index in [0.717, 1.165) is 0 Å². The fourth-order valence-corrected chi connectivity index (χ4v) is 3.50. The fourth-order valence-electron chi connectivity index (χ4n) is 3.27. The molecule has 28 heavy (non-hydrogen) atoms. The van der Waals surface area contributed by atoms with Gasteiger partial charge in [-0.05, 0) is 39.7 Å². The first-order valence-electron chi connectivity index (χ1n) is 9.39. The summed E-state index contributed by atoms with van der Waals surface area (Å²) < 4.78 is 16.1. The van der Waals surface area contributed by atoms with Crippen LogP contribution < -0.4 is 19.7 Å². The normalized spacial score (nSPS) is 19.2. The lowest BCUT2D eigenvalue weighted by molar-refractivity contribution is -0.127. The molecule has 0 saturated carbocycles. The topological polar surface area (TPSA) is 77.1 Å². The molecule has 0 spiro atoms. The smallest absolute Gasteiger partial charge is 0.246 e. The van der Waals surface area contributed by atoms with Crippen molar-refractivity contribution in [3.63, 3.8) is 0 Å². The highest BCUT2D eigenvalue weighted by Gasteiger charge is 2.49. The number of benzene rings is 1. The van der Waals surface area contributed by atoms with Crippen LogP contribution in [0.1, 0.15) is 40.0 Å². The van der Waals surface area contributed by atoms with E-state index < -0.39 is 5.54 Å². The summed E-state index contributed by atoms with van der Waals surface area (Å²) in [6.07, 6.45) is 1.54. The summed E-state index contributed by atoms with van der Waals surface area (Å²) in [5.41, 5.74) is -0.571. The van der Waals surface area contributed by atoms with E-state index in [1.54, 1.807) is 19.1 Å². The van der Waals surface area contributed by atoms with Crippen molar-refractivity contribution < 1.29 is 23.8 Å². The van der Waals surface area contributed by atoms with Gasteiger partial charge in [-0.15, -0.1) is 0 Å². The van der Waals surface area contributed by atoms with Gasteiger partial charge in [0.25, 0.3) is 0 Å². The van der Waals surface area contributed by atoms with Crippen LogP contribution in [-0.4, -0.2) is 50.8 Å². The molecule has 0 aromatic heterocycles. The van der Waals surface area contributed by atoms with E-state index in [1.807, 2.05) is 13.8 Å². The van der Waals surface area contributed by atoms with Crippen LogP contribution in [0.5, 0.6) is 11.5 Å². The molecule has 1 unspecified atom stereocenters. The van der Waals surface area contributed by atoms with Gasteiger partial charge in [-0.1, -0.05) is 11.6 Å². The van der Waals surface area contributed by atoms with Gasteiger partial charge in [-0.25, -0.2) is 0 Å².